The zero-order valence-corrected chi connectivity index (χ0v) is 14.5. The summed E-state index contributed by atoms with van der Waals surface area (Å²) in [7, 11) is 0. The van der Waals surface area contributed by atoms with Gasteiger partial charge in [0.15, 0.2) is 0 Å². The molecule has 4 heteroatoms. The number of hydrogen-bond acceptors (Lipinski definition) is 3. The number of nitrogens with one attached hydrogen (secondary N) is 1. The molecule has 0 bridgehead atoms. The highest BCUT2D eigenvalue weighted by Gasteiger charge is 2.19. The lowest BCUT2D eigenvalue weighted by atomic mass is 10.0. The van der Waals surface area contributed by atoms with E-state index in [1.165, 1.54) is 0 Å². The van der Waals surface area contributed by atoms with Gasteiger partial charge in [-0.1, -0.05) is 43.6 Å². The van der Waals surface area contributed by atoms with Crippen LogP contribution in [0.25, 0.3) is 0 Å². The minimum Gasteiger partial charge on any atom is -0.389 e. The van der Waals surface area contributed by atoms with E-state index in [1.54, 1.807) is 0 Å². The molecule has 1 atom stereocenters. The molecule has 0 aliphatic rings. The molecule has 0 heterocycles. The molecule has 2 N–H and O–H groups in total. The van der Waals surface area contributed by atoms with E-state index in [9.17, 15) is 5.11 Å². The Hall–Kier alpha value is -0.610. The van der Waals surface area contributed by atoms with Crippen molar-refractivity contribution < 1.29 is 5.11 Å². The standard InChI is InChI=1S/C17H29ClN2O/c1-5-19-16(14-9-7-8-10-15(14)18)11-12-20(6-2)13-17(3,4)21/h7-10,16,19,21H,5-6,11-13H2,1-4H3. The molecular formula is C17H29ClN2O. The normalized spacial score (nSPS) is 13.7. The highest BCUT2D eigenvalue weighted by molar-refractivity contribution is 6.31. The topological polar surface area (TPSA) is 35.5 Å². The molecule has 0 amide bonds. The number of nitrogens with zero attached hydrogens (tertiary/aromatic N) is 1. The van der Waals surface area contributed by atoms with E-state index in [4.69, 9.17) is 11.6 Å². The van der Waals surface area contributed by atoms with Gasteiger partial charge in [-0.15, -0.1) is 0 Å². The number of halogens is 1. The molecule has 0 radical (unpaired) electrons. The van der Waals surface area contributed by atoms with Crippen LogP contribution in [0.15, 0.2) is 24.3 Å². The largest absolute Gasteiger partial charge is 0.389 e. The maximum Gasteiger partial charge on any atom is 0.0718 e. The first-order valence-electron chi connectivity index (χ1n) is 7.80. The van der Waals surface area contributed by atoms with Gasteiger partial charge in [-0.2, -0.15) is 0 Å². The molecule has 0 fully saturated rings. The summed E-state index contributed by atoms with van der Waals surface area (Å²) in [5.74, 6) is 0. The fourth-order valence-electron chi connectivity index (χ4n) is 2.58. The van der Waals surface area contributed by atoms with Crippen LogP contribution in [0.5, 0.6) is 0 Å². The predicted octanol–water partition coefficient (Wildman–Crippen LogP) is 3.47. The predicted molar refractivity (Wildman–Crippen MR) is 90.9 cm³/mol. The number of benzene rings is 1. The Kier molecular flexibility index (Phi) is 7.67. The molecule has 0 spiro atoms. The Labute approximate surface area is 134 Å². The zero-order valence-electron chi connectivity index (χ0n) is 13.7. The van der Waals surface area contributed by atoms with Gasteiger partial charge in [-0.3, -0.25) is 0 Å². The molecule has 3 nitrogen and oxygen atoms in total. The molecule has 1 unspecified atom stereocenters. The molecule has 1 rings (SSSR count). The van der Waals surface area contributed by atoms with Crippen molar-refractivity contribution in [3.05, 3.63) is 34.9 Å². The second-order valence-corrected chi connectivity index (χ2v) is 6.51. The smallest absolute Gasteiger partial charge is 0.0718 e. The van der Waals surface area contributed by atoms with Crippen molar-refractivity contribution in [1.29, 1.82) is 0 Å². The van der Waals surface area contributed by atoms with E-state index < -0.39 is 5.60 Å². The molecular weight excluding hydrogens is 284 g/mol. The van der Waals surface area contributed by atoms with Gasteiger partial charge in [0.2, 0.25) is 0 Å². The third-order valence-electron chi connectivity index (χ3n) is 3.52. The summed E-state index contributed by atoms with van der Waals surface area (Å²) in [5.41, 5.74) is 0.494. The molecule has 0 aliphatic carbocycles. The van der Waals surface area contributed by atoms with Gasteiger partial charge < -0.3 is 15.3 Å². The van der Waals surface area contributed by atoms with Crippen LogP contribution in [0.1, 0.15) is 45.7 Å². The third kappa shape index (κ3) is 6.79. The van der Waals surface area contributed by atoms with Crippen LogP contribution in [0.2, 0.25) is 5.02 Å². The van der Waals surface area contributed by atoms with Gasteiger partial charge in [0, 0.05) is 24.2 Å². The van der Waals surface area contributed by atoms with E-state index >= 15 is 0 Å². The summed E-state index contributed by atoms with van der Waals surface area (Å²) in [6.45, 7) is 11.4. The molecule has 0 saturated heterocycles. The molecule has 1 aromatic rings. The van der Waals surface area contributed by atoms with Crippen LogP contribution in [0, 0.1) is 0 Å². The van der Waals surface area contributed by atoms with E-state index in [0.717, 1.165) is 36.6 Å². The lowest BCUT2D eigenvalue weighted by Crippen LogP contribution is -2.40. The molecule has 120 valence electrons. The number of likely N-dealkylation sites (N-methyl/N-ethyl adjacent to an activating group) is 1. The Morgan fingerprint density at radius 1 is 1.29 bits per heavy atom. The summed E-state index contributed by atoms with van der Waals surface area (Å²) in [4.78, 5) is 2.28. The van der Waals surface area contributed by atoms with Crippen LogP contribution >= 0.6 is 11.6 Å². The second-order valence-electron chi connectivity index (χ2n) is 6.10. The van der Waals surface area contributed by atoms with Crippen molar-refractivity contribution in [3.8, 4) is 0 Å². The maximum atomic E-state index is 9.97. The Balaban J connectivity index is 2.69. The van der Waals surface area contributed by atoms with Crippen molar-refractivity contribution in [3.63, 3.8) is 0 Å². The van der Waals surface area contributed by atoms with Gasteiger partial charge in [-0.05, 0) is 45.0 Å². The first kappa shape index (κ1) is 18.4. The van der Waals surface area contributed by atoms with Gasteiger partial charge >= 0.3 is 0 Å². The zero-order chi connectivity index (χ0) is 15.9. The van der Waals surface area contributed by atoms with Gasteiger partial charge in [0.1, 0.15) is 0 Å². The van der Waals surface area contributed by atoms with Crippen LogP contribution in [-0.2, 0) is 0 Å². The van der Waals surface area contributed by atoms with Gasteiger partial charge in [0.25, 0.3) is 0 Å². The number of rotatable bonds is 9. The van der Waals surface area contributed by atoms with Gasteiger partial charge in [0.05, 0.1) is 5.60 Å². The summed E-state index contributed by atoms with van der Waals surface area (Å²) in [6, 6.07) is 8.26. The van der Waals surface area contributed by atoms with Crippen molar-refractivity contribution in [2.45, 2.75) is 45.8 Å². The minimum absolute atomic E-state index is 0.250. The monoisotopic (exact) mass is 312 g/mol. The van der Waals surface area contributed by atoms with E-state index in [1.807, 2.05) is 32.0 Å². The van der Waals surface area contributed by atoms with Crippen LogP contribution < -0.4 is 5.32 Å². The van der Waals surface area contributed by atoms with E-state index in [-0.39, 0.29) is 6.04 Å². The average Bonchev–Trinajstić information content (AvgIpc) is 2.41. The highest BCUT2D eigenvalue weighted by atomic mass is 35.5. The molecule has 0 aliphatic heterocycles. The fourth-order valence-corrected chi connectivity index (χ4v) is 2.85. The summed E-state index contributed by atoms with van der Waals surface area (Å²) in [5, 5.41) is 14.3. The van der Waals surface area contributed by atoms with Gasteiger partial charge in [-0.25, -0.2) is 0 Å². The molecule has 21 heavy (non-hydrogen) atoms. The first-order valence-corrected chi connectivity index (χ1v) is 8.17. The SMILES string of the molecule is CCNC(CCN(CC)CC(C)(C)O)c1ccccc1Cl. The molecule has 0 aromatic heterocycles. The quantitative estimate of drug-likeness (QED) is 0.733. The Morgan fingerprint density at radius 2 is 1.95 bits per heavy atom. The number of hydrogen-bond donors (Lipinski definition) is 2. The van der Waals surface area contributed by atoms with Crippen LogP contribution in [-0.4, -0.2) is 41.8 Å². The summed E-state index contributed by atoms with van der Waals surface area (Å²) in [6.07, 6.45) is 0.974. The highest BCUT2D eigenvalue weighted by Crippen LogP contribution is 2.25. The van der Waals surface area contributed by atoms with Crippen LogP contribution in [0.4, 0.5) is 0 Å². The number of aliphatic hydroxyl groups is 1. The van der Waals surface area contributed by atoms with Crippen molar-refractivity contribution in [2.75, 3.05) is 26.2 Å². The molecule has 1 aromatic carbocycles. The minimum atomic E-state index is -0.659. The Bertz CT molecular complexity index is 417. The lowest BCUT2D eigenvalue weighted by molar-refractivity contribution is 0.0367. The van der Waals surface area contributed by atoms with Crippen molar-refractivity contribution >= 4 is 11.6 Å². The maximum absolute atomic E-state index is 9.97. The van der Waals surface area contributed by atoms with Crippen molar-refractivity contribution in [1.82, 2.24) is 10.2 Å². The first-order chi connectivity index (χ1) is 9.87. The molecule has 0 saturated carbocycles. The lowest BCUT2D eigenvalue weighted by Gasteiger charge is -2.30. The summed E-state index contributed by atoms with van der Waals surface area (Å²) >= 11 is 6.32. The average molecular weight is 313 g/mol. The van der Waals surface area contributed by atoms with Crippen LogP contribution in [0.3, 0.4) is 0 Å². The summed E-state index contributed by atoms with van der Waals surface area (Å²) < 4.78 is 0. The van der Waals surface area contributed by atoms with Crippen molar-refractivity contribution in [2.24, 2.45) is 0 Å². The van der Waals surface area contributed by atoms with E-state index in [0.29, 0.717) is 6.54 Å². The fraction of sp³-hybridized carbons (Fsp3) is 0.647. The third-order valence-corrected chi connectivity index (χ3v) is 3.87. The second kappa shape index (κ2) is 8.74. The van der Waals surface area contributed by atoms with E-state index in [2.05, 4.69) is 30.1 Å². The Morgan fingerprint density at radius 3 is 2.48 bits per heavy atom.